The predicted octanol–water partition coefficient (Wildman–Crippen LogP) is 3.42. The molecule has 120 valence electrons. The summed E-state index contributed by atoms with van der Waals surface area (Å²) in [6, 6.07) is 15.8. The number of ketones is 1. The van der Waals surface area contributed by atoms with E-state index >= 15 is 0 Å². The molecule has 0 unspecified atom stereocenters. The van der Waals surface area contributed by atoms with Gasteiger partial charge in [-0.25, -0.2) is 4.98 Å². The van der Waals surface area contributed by atoms with Crippen LogP contribution in [0.15, 0.2) is 48.5 Å². The van der Waals surface area contributed by atoms with Gasteiger partial charge in [-0.3, -0.25) is 4.79 Å². The molecular weight excluding hydrogens is 298 g/mol. The molecule has 1 heterocycles. The average molecular weight is 317 g/mol. The lowest BCUT2D eigenvalue weighted by Gasteiger charge is -2.14. The monoisotopic (exact) mass is 317 g/mol. The van der Waals surface area contributed by atoms with E-state index in [1.807, 2.05) is 62.6 Å². The highest BCUT2D eigenvalue weighted by atomic mass is 16.1. The van der Waals surface area contributed by atoms with E-state index in [-0.39, 0.29) is 5.78 Å². The van der Waals surface area contributed by atoms with Crippen LogP contribution in [0.4, 0.5) is 5.82 Å². The molecule has 0 saturated heterocycles. The van der Waals surface area contributed by atoms with E-state index in [0.717, 1.165) is 40.7 Å². The molecule has 2 aromatic carbocycles. The van der Waals surface area contributed by atoms with Crippen molar-refractivity contribution in [2.24, 2.45) is 0 Å². The molecule has 0 radical (unpaired) electrons. The number of fused-ring (bicyclic) bond motifs is 5. The number of hydrogen-bond donors (Lipinski definition) is 1. The smallest absolute Gasteiger partial charge is 0.198 e. The van der Waals surface area contributed by atoms with Gasteiger partial charge in [0.15, 0.2) is 5.78 Å². The van der Waals surface area contributed by atoms with Crippen LogP contribution in [0.3, 0.4) is 0 Å². The third-order valence-corrected chi connectivity index (χ3v) is 4.41. The molecule has 0 fully saturated rings. The third kappa shape index (κ3) is 2.27. The van der Waals surface area contributed by atoms with Crippen molar-refractivity contribution in [2.45, 2.75) is 0 Å². The molecule has 0 amide bonds. The van der Waals surface area contributed by atoms with Crippen molar-refractivity contribution in [3.8, 4) is 11.1 Å². The van der Waals surface area contributed by atoms with Gasteiger partial charge in [-0.1, -0.05) is 42.5 Å². The van der Waals surface area contributed by atoms with Gasteiger partial charge in [0.1, 0.15) is 5.82 Å². The molecular formula is C20H19N3O. The molecule has 0 saturated carbocycles. The van der Waals surface area contributed by atoms with E-state index < -0.39 is 0 Å². The van der Waals surface area contributed by atoms with Crippen molar-refractivity contribution < 1.29 is 4.79 Å². The van der Waals surface area contributed by atoms with Gasteiger partial charge in [0, 0.05) is 29.6 Å². The Labute approximate surface area is 141 Å². The molecule has 4 nitrogen and oxygen atoms in total. The second kappa shape index (κ2) is 5.73. The summed E-state index contributed by atoms with van der Waals surface area (Å²) in [4.78, 5) is 19.8. The van der Waals surface area contributed by atoms with E-state index in [4.69, 9.17) is 4.98 Å². The van der Waals surface area contributed by atoms with Gasteiger partial charge in [0.05, 0.1) is 11.1 Å². The molecule has 0 spiro atoms. The minimum atomic E-state index is 0.0613. The van der Waals surface area contributed by atoms with Crippen LogP contribution in [-0.2, 0) is 0 Å². The first kappa shape index (κ1) is 14.8. The first-order valence-electron chi connectivity index (χ1n) is 8.12. The number of rotatable bonds is 4. The van der Waals surface area contributed by atoms with Crippen molar-refractivity contribution in [2.75, 3.05) is 32.5 Å². The van der Waals surface area contributed by atoms with Crippen molar-refractivity contribution >= 4 is 22.5 Å². The number of pyridine rings is 1. The Balaban J connectivity index is 1.92. The summed E-state index contributed by atoms with van der Waals surface area (Å²) in [6.45, 7) is 1.62. The molecule has 1 aliphatic carbocycles. The molecule has 0 aliphatic heterocycles. The number of anilines is 1. The van der Waals surface area contributed by atoms with Crippen LogP contribution in [0.25, 0.3) is 22.0 Å². The highest BCUT2D eigenvalue weighted by Gasteiger charge is 2.31. The van der Waals surface area contributed by atoms with Gasteiger partial charge < -0.3 is 10.2 Å². The maximum Gasteiger partial charge on any atom is 0.198 e. The summed E-state index contributed by atoms with van der Waals surface area (Å²) in [7, 11) is 4.06. The zero-order valence-corrected chi connectivity index (χ0v) is 13.8. The molecule has 4 rings (SSSR count). The Morgan fingerprint density at radius 2 is 1.67 bits per heavy atom. The Morgan fingerprint density at radius 3 is 2.46 bits per heavy atom. The molecule has 0 bridgehead atoms. The number of likely N-dealkylation sites (N-methyl/N-ethyl adjacent to an activating group) is 1. The number of nitrogens with one attached hydrogen (secondary N) is 1. The second-order valence-electron chi connectivity index (χ2n) is 6.33. The van der Waals surface area contributed by atoms with E-state index in [1.54, 1.807) is 0 Å². The highest BCUT2D eigenvalue weighted by molar-refractivity contribution is 6.27. The zero-order valence-electron chi connectivity index (χ0n) is 13.8. The number of nitrogens with zero attached hydrogens (tertiary/aromatic N) is 2. The van der Waals surface area contributed by atoms with Crippen LogP contribution in [0.1, 0.15) is 15.9 Å². The van der Waals surface area contributed by atoms with Crippen LogP contribution >= 0.6 is 0 Å². The third-order valence-electron chi connectivity index (χ3n) is 4.41. The summed E-state index contributed by atoms with van der Waals surface area (Å²) < 4.78 is 0. The van der Waals surface area contributed by atoms with Crippen molar-refractivity contribution in [3.05, 3.63) is 59.7 Å². The average Bonchev–Trinajstić information content (AvgIpc) is 2.89. The number of hydrogen-bond acceptors (Lipinski definition) is 4. The van der Waals surface area contributed by atoms with Gasteiger partial charge in [-0.15, -0.1) is 0 Å². The minimum Gasteiger partial charge on any atom is -0.368 e. The molecule has 1 aliphatic rings. The van der Waals surface area contributed by atoms with Gasteiger partial charge in [-0.2, -0.15) is 0 Å². The summed E-state index contributed by atoms with van der Waals surface area (Å²) >= 11 is 0. The molecule has 0 atom stereocenters. The lowest BCUT2D eigenvalue weighted by molar-refractivity contribution is 0.104. The van der Waals surface area contributed by atoms with Gasteiger partial charge in [-0.05, 0) is 25.7 Å². The first-order valence-corrected chi connectivity index (χ1v) is 8.12. The summed E-state index contributed by atoms with van der Waals surface area (Å²) in [5.41, 5.74) is 4.39. The molecule has 24 heavy (non-hydrogen) atoms. The van der Waals surface area contributed by atoms with Crippen molar-refractivity contribution in [1.29, 1.82) is 0 Å². The van der Waals surface area contributed by atoms with Gasteiger partial charge in [0.25, 0.3) is 0 Å². The van der Waals surface area contributed by atoms with E-state index in [1.165, 1.54) is 0 Å². The first-order chi connectivity index (χ1) is 11.7. The quantitative estimate of drug-likeness (QED) is 0.626. The fourth-order valence-corrected chi connectivity index (χ4v) is 3.27. The maximum absolute atomic E-state index is 13.0. The number of para-hydroxylation sites is 1. The number of benzene rings is 2. The normalized spacial score (nSPS) is 12.5. The fraction of sp³-hybridized carbons (Fsp3) is 0.200. The Kier molecular flexibility index (Phi) is 3.54. The molecule has 1 aromatic heterocycles. The fourth-order valence-electron chi connectivity index (χ4n) is 3.27. The lowest BCUT2D eigenvalue weighted by Crippen LogP contribution is -2.22. The van der Waals surface area contributed by atoms with Crippen LogP contribution in [-0.4, -0.2) is 42.9 Å². The molecule has 1 N–H and O–H groups in total. The standard InChI is InChI=1S/C20H19N3O/c1-23(2)12-11-21-20-18-17(15-9-5-6-10-16(15)22-20)13-7-3-4-8-14(13)19(18)24/h3-10H,11-12H2,1-2H3,(H,21,22). The van der Waals surface area contributed by atoms with E-state index in [0.29, 0.717) is 11.4 Å². The Morgan fingerprint density at radius 1 is 0.958 bits per heavy atom. The number of carbonyl (C=O) groups is 1. The van der Waals surface area contributed by atoms with Gasteiger partial charge >= 0.3 is 0 Å². The van der Waals surface area contributed by atoms with Crippen molar-refractivity contribution in [1.82, 2.24) is 9.88 Å². The highest BCUT2D eigenvalue weighted by Crippen LogP contribution is 2.43. The summed E-state index contributed by atoms with van der Waals surface area (Å²) in [5, 5.41) is 4.39. The second-order valence-corrected chi connectivity index (χ2v) is 6.33. The largest absolute Gasteiger partial charge is 0.368 e. The van der Waals surface area contributed by atoms with E-state index in [2.05, 4.69) is 10.2 Å². The summed E-state index contributed by atoms with van der Waals surface area (Å²) in [6.07, 6.45) is 0. The summed E-state index contributed by atoms with van der Waals surface area (Å²) in [5.74, 6) is 0.748. The molecule has 3 aromatic rings. The van der Waals surface area contributed by atoms with Crippen LogP contribution in [0.2, 0.25) is 0 Å². The van der Waals surface area contributed by atoms with Crippen molar-refractivity contribution in [3.63, 3.8) is 0 Å². The topological polar surface area (TPSA) is 45.2 Å². The van der Waals surface area contributed by atoms with Crippen LogP contribution in [0, 0.1) is 0 Å². The number of aromatic nitrogens is 1. The minimum absolute atomic E-state index is 0.0613. The lowest BCUT2D eigenvalue weighted by atomic mass is 10.0. The van der Waals surface area contributed by atoms with E-state index in [9.17, 15) is 4.79 Å². The Hall–Kier alpha value is -2.72. The molecule has 4 heteroatoms. The zero-order chi connectivity index (χ0) is 16.7. The Bertz CT molecular complexity index is 947. The van der Waals surface area contributed by atoms with Gasteiger partial charge in [0.2, 0.25) is 0 Å². The maximum atomic E-state index is 13.0. The SMILES string of the molecule is CN(C)CCNc1nc2ccccc2c2c1C(=O)c1ccccc1-2. The predicted molar refractivity (Wildman–Crippen MR) is 97.7 cm³/mol. The van der Waals surface area contributed by atoms with Crippen LogP contribution in [0.5, 0.6) is 0 Å². The number of carbonyl (C=O) groups excluding carboxylic acids is 1. The van der Waals surface area contributed by atoms with Crippen LogP contribution < -0.4 is 5.32 Å².